The summed E-state index contributed by atoms with van der Waals surface area (Å²) in [5.74, 6) is -0.283. The molecule has 1 fully saturated rings. The first-order valence-electron chi connectivity index (χ1n) is 6.11. The maximum Gasteiger partial charge on any atom is 0.129 e. The zero-order chi connectivity index (χ0) is 13.1. The first kappa shape index (κ1) is 13.3. The summed E-state index contributed by atoms with van der Waals surface area (Å²) in [6.45, 7) is 3.68. The lowest BCUT2D eigenvalue weighted by molar-refractivity contribution is -0.0973. The average molecular weight is 254 g/mol. The second kappa shape index (κ2) is 5.65. The minimum atomic E-state index is -0.283. The van der Waals surface area contributed by atoms with Crippen LogP contribution in [0.4, 0.5) is 10.1 Å². The Bertz CT molecular complexity index is 394. The Morgan fingerprint density at radius 3 is 2.94 bits per heavy atom. The lowest BCUT2D eigenvalue weighted by atomic mass is 10.1. The molecule has 18 heavy (non-hydrogen) atoms. The molecule has 0 spiro atoms. The standard InChI is InChI=1S/C13H19FN2O2/c1-9-5-16(6-10(8-17)18-9)7-11-12(14)3-2-4-13(11)15/h2-4,9-10,17H,5-8,15H2,1H3. The van der Waals surface area contributed by atoms with E-state index in [2.05, 4.69) is 4.90 Å². The molecule has 0 saturated carbocycles. The molecular formula is C13H19FN2O2. The highest BCUT2D eigenvalue weighted by Crippen LogP contribution is 2.20. The molecule has 1 aliphatic heterocycles. The maximum atomic E-state index is 13.7. The molecule has 0 aliphatic carbocycles. The summed E-state index contributed by atoms with van der Waals surface area (Å²) in [5.41, 5.74) is 6.78. The Kier molecular flexibility index (Phi) is 4.16. The first-order valence-corrected chi connectivity index (χ1v) is 6.11. The second-order valence-electron chi connectivity index (χ2n) is 4.75. The number of hydrogen-bond acceptors (Lipinski definition) is 4. The number of nitrogens with two attached hydrogens (primary N) is 1. The Morgan fingerprint density at radius 1 is 1.50 bits per heavy atom. The van der Waals surface area contributed by atoms with E-state index in [0.29, 0.717) is 30.9 Å². The molecule has 0 bridgehead atoms. The van der Waals surface area contributed by atoms with Gasteiger partial charge < -0.3 is 15.6 Å². The molecule has 4 nitrogen and oxygen atoms in total. The molecule has 100 valence electrons. The summed E-state index contributed by atoms with van der Waals surface area (Å²) in [6.07, 6.45) is -0.175. The summed E-state index contributed by atoms with van der Waals surface area (Å²) in [6, 6.07) is 4.72. The number of nitrogen functional groups attached to an aromatic ring is 1. The third-order valence-corrected chi connectivity index (χ3v) is 3.14. The van der Waals surface area contributed by atoms with Gasteiger partial charge in [0, 0.05) is 30.9 Å². The second-order valence-corrected chi connectivity index (χ2v) is 4.75. The first-order chi connectivity index (χ1) is 8.60. The van der Waals surface area contributed by atoms with Crippen molar-refractivity contribution in [3.8, 4) is 0 Å². The number of rotatable bonds is 3. The van der Waals surface area contributed by atoms with E-state index in [4.69, 9.17) is 15.6 Å². The van der Waals surface area contributed by atoms with E-state index in [9.17, 15) is 4.39 Å². The molecule has 3 N–H and O–H groups in total. The monoisotopic (exact) mass is 254 g/mol. The van der Waals surface area contributed by atoms with Crippen molar-refractivity contribution in [2.45, 2.75) is 25.7 Å². The molecule has 0 amide bonds. The molecule has 1 aromatic carbocycles. The van der Waals surface area contributed by atoms with Crippen molar-refractivity contribution in [3.05, 3.63) is 29.6 Å². The van der Waals surface area contributed by atoms with Crippen LogP contribution in [0.15, 0.2) is 18.2 Å². The molecule has 2 atom stereocenters. The topological polar surface area (TPSA) is 58.7 Å². The molecule has 0 aromatic heterocycles. The van der Waals surface area contributed by atoms with Crippen molar-refractivity contribution >= 4 is 5.69 Å². The van der Waals surface area contributed by atoms with E-state index in [1.807, 2.05) is 6.92 Å². The molecule has 1 saturated heterocycles. The number of aliphatic hydroxyl groups is 1. The van der Waals surface area contributed by atoms with Crippen molar-refractivity contribution in [1.82, 2.24) is 4.90 Å². The molecule has 2 rings (SSSR count). The summed E-state index contributed by atoms with van der Waals surface area (Å²) < 4.78 is 19.2. The van der Waals surface area contributed by atoms with Crippen LogP contribution in [-0.2, 0) is 11.3 Å². The van der Waals surface area contributed by atoms with Crippen molar-refractivity contribution in [3.63, 3.8) is 0 Å². The van der Waals surface area contributed by atoms with Crippen molar-refractivity contribution < 1.29 is 14.2 Å². The molecular weight excluding hydrogens is 235 g/mol. The third-order valence-electron chi connectivity index (χ3n) is 3.14. The van der Waals surface area contributed by atoms with Gasteiger partial charge in [-0.25, -0.2) is 4.39 Å². The number of nitrogens with zero attached hydrogens (tertiary/aromatic N) is 1. The van der Waals surface area contributed by atoms with Gasteiger partial charge in [0.05, 0.1) is 18.8 Å². The van der Waals surface area contributed by atoms with Gasteiger partial charge in [0.1, 0.15) is 5.82 Å². The van der Waals surface area contributed by atoms with Crippen molar-refractivity contribution in [2.75, 3.05) is 25.4 Å². The lowest BCUT2D eigenvalue weighted by Gasteiger charge is -2.36. The van der Waals surface area contributed by atoms with Gasteiger partial charge in [-0.1, -0.05) is 6.07 Å². The summed E-state index contributed by atoms with van der Waals surface area (Å²) in [5, 5.41) is 9.15. The Labute approximate surface area is 106 Å². The Hall–Kier alpha value is -1.17. The van der Waals surface area contributed by atoms with Gasteiger partial charge in [0.2, 0.25) is 0 Å². The number of ether oxygens (including phenoxy) is 1. The fraction of sp³-hybridized carbons (Fsp3) is 0.538. The Morgan fingerprint density at radius 2 is 2.28 bits per heavy atom. The predicted octanol–water partition coefficient (Wildman–Crippen LogP) is 0.990. The number of hydrogen-bond donors (Lipinski definition) is 2. The maximum absolute atomic E-state index is 13.7. The number of benzene rings is 1. The van der Waals surface area contributed by atoms with Crippen LogP contribution < -0.4 is 5.73 Å². The smallest absolute Gasteiger partial charge is 0.129 e. The fourth-order valence-electron chi connectivity index (χ4n) is 2.34. The fourth-order valence-corrected chi connectivity index (χ4v) is 2.34. The molecule has 0 radical (unpaired) electrons. The van der Waals surface area contributed by atoms with Crippen LogP contribution in [0, 0.1) is 5.82 Å². The zero-order valence-corrected chi connectivity index (χ0v) is 10.5. The van der Waals surface area contributed by atoms with Crippen LogP contribution >= 0.6 is 0 Å². The van der Waals surface area contributed by atoms with Crippen LogP contribution in [0.25, 0.3) is 0 Å². The largest absolute Gasteiger partial charge is 0.398 e. The highest BCUT2D eigenvalue weighted by atomic mass is 19.1. The molecule has 1 aliphatic rings. The van der Waals surface area contributed by atoms with Crippen LogP contribution in [0.5, 0.6) is 0 Å². The summed E-state index contributed by atoms with van der Waals surface area (Å²) in [4.78, 5) is 2.06. The van der Waals surface area contributed by atoms with Gasteiger partial charge in [-0.2, -0.15) is 0 Å². The molecule has 1 aromatic rings. The van der Waals surface area contributed by atoms with Crippen LogP contribution in [-0.4, -0.2) is 41.9 Å². The van der Waals surface area contributed by atoms with Crippen LogP contribution in [0.2, 0.25) is 0 Å². The Balaban J connectivity index is 2.08. The van der Waals surface area contributed by atoms with Crippen molar-refractivity contribution in [2.24, 2.45) is 0 Å². The SMILES string of the molecule is CC1CN(Cc2c(N)cccc2F)CC(CO)O1. The number of halogens is 1. The van der Waals surface area contributed by atoms with Gasteiger partial charge in [0.25, 0.3) is 0 Å². The van der Waals surface area contributed by atoms with E-state index >= 15 is 0 Å². The number of anilines is 1. The zero-order valence-electron chi connectivity index (χ0n) is 10.5. The van der Waals surface area contributed by atoms with E-state index in [1.165, 1.54) is 6.07 Å². The third kappa shape index (κ3) is 2.98. The van der Waals surface area contributed by atoms with E-state index in [0.717, 1.165) is 0 Å². The normalized spacial score (nSPS) is 25.3. The minimum absolute atomic E-state index is 0.0202. The number of morpholine rings is 1. The molecule has 2 unspecified atom stereocenters. The van der Waals surface area contributed by atoms with E-state index < -0.39 is 0 Å². The van der Waals surface area contributed by atoms with E-state index in [-0.39, 0.29) is 24.6 Å². The minimum Gasteiger partial charge on any atom is -0.398 e. The summed E-state index contributed by atoms with van der Waals surface area (Å²) >= 11 is 0. The summed E-state index contributed by atoms with van der Waals surface area (Å²) in [7, 11) is 0. The van der Waals surface area contributed by atoms with Gasteiger partial charge in [-0.3, -0.25) is 4.90 Å². The predicted molar refractivity (Wildman–Crippen MR) is 67.5 cm³/mol. The quantitative estimate of drug-likeness (QED) is 0.790. The van der Waals surface area contributed by atoms with Gasteiger partial charge >= 0.3 is 0 Å². The van der Waals surface area contributed by atoms with Crippen molar-refractivity contribution in [1.29, 1.82) is 0 Å². The van der Waals surface area contributed by atoms with Gasteiger partial charge in [-0.15, -0.1) is 0 Å². The van der Waals surface area contributed by atoms with Gasteiger partial charge in [0.15, 0.2) is 0 Å². The van der Waals surface area contributed by atoms with Crippen LogP contribution in [0.1, 0.15) is 12.5 Å². The molecule has 5 heteroatoms. The van der Waals surface area contributed by atoms with Gasteiger partial charge in [-0.05, 0) is 19.1 Å². The highest BCUT2D eigenvalue weighted by Gasteiger charge is 2.25. The lowest BCUT2D eigenvalue weighted by Crippen LogP contribution is -2.47. The van der Waals surface area contributed by atoms with E-state index in [1.54, 1.807) is 12.1 Å². The van der Waals surface area contributed by atoms with Crippen LogP contribution in [0.3, 0.4) is 0 Å². The average Bonchev–Trinajstić information content (AvgIpc) is 2.33. The highest BCUT2D eigenvalue weighted by molar-refractivity contribution is 5.47. The number of aliphatic hydroxyl groups excluding tert-OH is 1. The molecule has 1 heterocycles.